The molecule has 2 aliphatic rings. The van der Waals surface area contributed by atoms with E-state index in [-0.39, 0.29) is 6.09 Å². The van der Waals surface area contributed by atoms with Crippen molar-refractivity contribution in [3.05, 3.63) is 35.9 Å². The second-order valence-corrected chi connectivity index (χ2v) is 6.50. The maximum absolute atomic E-state index is 12.1. The molecule has 3 heteroatoms. The van der Waals surface area contributed by atoms with E-state index in [4.69, 9.17) is 4.74 Å². The van der Waals surface area contributed by atoms with Gasteiger partial charge in [-0.15, -0.1) is 0 Å². The fourth-order valence-electron chi connectivity index (χ4n) is 3.36. The van der Waals surface area contributed by atoms with Gasteiger partial charge in [-0.3, -0.25) is 0 Å². The van der Waals surface area contributed by atoms with Gasteiger partial charge in [0.25, 0.3) is 0 Å². The highest BCUT2D eigenvalue weighted by atomic mass is 16.6. The van der Waals surface area contributed by atoms with Gasteiger partial charge in [0.15, 0.2) is 0 Å². The summed E-state index contributed by atoms with van der Waals surface area (Å²) in [5.74, 6) is 1.81. The minimum absolute atomic E-state index is 0.152. The van der Waals surface area contributed by atoms with Crippen LogP contribution in [0.4, 0.5) is 4.79 Å². The lowest BCUT2D eigenvalue weighted by Crippen LogP contribution is -2.39. The summed E-state index contributed by atoms with van der Waals surface area (Å²) < 4.78 is 5.40. The Hall–Kier alpha value is -1.51. The lowest BCUT2D eigenvalue weighted by molar-refractivity contribution is 0.0776. The Labute approximate surface area is 127 Å². The number of amides is 1. The fraction of sp³-hybridized carbons (Fsp3) is 0.611. The number of piperidine rings is 1. The normalized spacial score (nSPS) is 20.1. The quantitative estimate of drug-likeness (QED) is 0.829. The van der Waals surface area contributed by atoms with E-state index < -0.39 is 0 Å². The zero-order valence-electron chi connectivity index (χ0n) is 12.7. The molecule has 1 saturated carbocycles. The third-order valence-corrected chi connectivity index (χ3v) is 4.97. The number of hydrogen-bond donors (Lipinski definition) is 0. The van der Waals surface area contributed by atoms with Crippen LogP contribution in [0.15, 0.2) is 30.3 Å². The minimum Gasteiger partial charge on any atom is -0.445 e. The van der Waals surface area contributed by atoms with Crippen LogP contribution in [0.2, 0.25) is 0 Å². The summed E-state index contributed by atoms with van der Waals surface area (Å²) in [4.78, 5) is 13.9. The number of carbonyl (C=O) groups is 1. The molecular weight excluding hydrogens is 262 g/mol. The van der Waals surface area contributed by atoms with Gasteiger partial charge in [-0.1, -0.05) is 49.6 Å². The Bertz CT molecular complexity index is 448. The van der Waals surface area contributed by atoms with E-state index in [2.05, 4.69) is 0 Å². The lowest BCUT2D eigenvalue weighted by Gasteiger charge is -2.35. The number of likely N-dealkylation sites (tertiary alicyclic amines) is 1. The first-order valence-corrected chi connectivity index (χ1v) is 8.27. The number of nitrogens with zero attached hydrogens (tertiary/aromatic N) is 1. The maximum atomic E-state index is 12.1. The number of ether oxygens (including phenoxy) is 1. The van der Waals surface area contributed by atoms with Gasteiger partial charge in [0.1, 0.15) is 6.61 Å². The Kier molecular flexibility index (Phi) is 4.79. The van der Waals surface area contributed by atoms with Gasteiger partial charge in [0.2, 0.25) is 0 Å². The van der Waals surface area contributed by atoms with Crippen LogP contribution in [-0.2, 0) is 11.3 Å². The van der Waals surface area contributed by atoms with E-state index in [0.29, 0.717) is 6.61 Å². The second kappa shape index (κ2) is 6.97. The van der Waals surface area contributed by atoms with E-state index in [1.165, 1.54) is 25.7 Å². The van der Waals surface area contributed by atoms with E-state index in [9.17, 15) is 4.79 Å². The standard InChI is InChI=1S/C18H25NO2/c20-18(21-14-17-5-2-1-3-6-17)19-11-9-16(10-12-19)13-15-7-4-8-15/h1-3,5-6,15-16H,4,7-14H2. The fourth-order valence-corrected chi connectivity index (χ4v) is 3.36. The molecule has 1 aromatic rings. The second-order valence-electron chi connectivity index (χ2n) is 6.50. The van der Waals surface area contributed by atoms with E-state index in [0.717, 1.165) is 43.3 Å². The van der Waals surface area contributed by atoms with Crippen molar-refractivity contribution in [3.63, 3.8) is 0 Å². The lowest BCUT2D eigenvalue weighted by atomic mass is 9.76. The van der Waals surface area contributed by atoms with Crippen LogP contribution in [0.1, 0.15) is 44.1 Å². The highest BCUT2D eigenvalue weighted by Crippen LogP contribution is 2.35. The molecular formula is C18H25NO2. The Morgan fingerprint density at radius 2 is 1.71 bits per heavy atom. The number of benzene rings is 1. The molecule has 1 heterocycles. The Balaban J connectivity index is 1.38. The predicted octanol–water partition coefficient (Wildman–Crippen LogP) is 4.23. The van der Waals surface area contributed by atoms with Crippen LogP contribution in [0.25, 0.3) is 0 Å². The molecule has 2 fully saturated rings. The van der Waals surface area contributed by atoms with Gasteiger partial charge < -0.3 is 9.64 Å². The van der Waals surface area contributed by atoms with Gasteiger partial charge in [-0.05, 0) is 36.7 Å². The van der Waals surface area contributed by atoms with E-state index in [1.54, 1.807) is 0 Å². The van der Waals surface area contributed by atoms with Crippen molar-refractivity contribution in [1.29, 1.82) is 0 Å². The summed E-state index contributed by atoms with van der Waals surface area (Å²) in [7, 11) is 0. The van der Waals surface area contributed by atoms with Crippen LogP contribution in [-0.4, -0.2) is 24.1 Å². The van der Waals surface area contributed by atoms with Crippen molar-refractivity contribution < 1.29 is 9.53 Å². The Morgan fingerprint density at radius 3 is 2.33 bits per heavy atom. The molecule has 21 heavy (non-hydrogen) atoms. The zero-order valence-corrected chi connectivity index (χ0v) is 12.7. The zero-order chi connectivity index (χ0) is 14.5. The number of rotatable bonds is 4. The first-order valence-electron chi connectivity index (χ1n) is 8.27. The van der Waals surface area contributed by atoms with Crippen LogP contribution in [0, 0.1) is 11.8 Å². The van der Waals surface area contributed by atoms with Crippen LogP contribution in [0.5, 0.6) is 0 Å². The molecule has 1 aliphatic heterocycles. The summed E-state index contributed by atoms with van der Waals surface area (Å²) in [6, 6.07) is 9.87. The third-order valence-electron chi connectivity index (χ3n) is 4.97. The molecule has 0 bridgehead atoms. The van der Waals surface area contributed by atoms with Gasteiger partial charge in [-0.25, -0.2) is 4.79 Å². The molecule has 0 spiro atoms. The Morgan fingerprint density at radius 1 is 1.05 bits per heavy atom. The molecule has 1 aromatic carbocycles. The van der Waals surface area contributed by atoms with Crippen molar-refractivity contribution in [1.82, 2.24) is 4.90 Å². The molecule has 114 valence electrons. The highest BCUT2D eigenvalue weighted by Gasteiger charge is 2.27. The van der Waals surface area contributed by atoms with Gasteiger partial charge >= 0.3 is 6.09 Å². The molecule has 0 radical (unpaired) electrons. The van der Waals surface area contributed by atoms with E-state index >= 15 is 0 Å². The SMILES string of the molecule is O=C(OCc1ccccc1)N1CCC(CC2CCC2)CC1. The molecule has 0 atom stereocenters. The minimum atomic E-state index is -0.152. The van der Waals surface area contributed by atoms with E-state index in [1.807, 2.05) is 35.2 Å². The topological polar surface area (TPSA) is 29.5 Å². The van der Waals surface area contributed by atoms with Gasteiger partial charge in [-0.2, -0.15) is 0 Å². The highest BCUT2D eigenvalue weighted by molar-refractivity contribution is 5.67. The summed E-state index contributed by atoms with van der Waals surface area (Å²) >= 11 is 0. The summed E-state index contributed by atoms with van der Waals surface area (Å²) in [6.07, 6.45) is 7.82. The number of hydrogen-bond acceptors (Lipinski definition) is 2. The molecule has 1 amide bonds. The number of carbonyl (C=O) groups excluding carboxylic acids is 1. The summed E-state index contributed by atoms with van der Waals surface area (Å²) in [6.45, 7) is 2.11. The third kappa shape index (κ3) is 3.99. The summed E-state index contributed by atoms with van der Waals surface area (Å²) in [5, 5.41) is 0. The largest absolute Gasteiger partial charge is 0.445 e. The molecule has 3 rings (SSSR count). The predicted molar refractivity (Wildman–Crippen MR) is 82.9 cm³/mol. The molecule has 0 N–H and O–H groups in total. The van der Waals surface area contributed by atoms with Gasteiger partial charge in [0.05, 0.1) is 0 Å². The van der Waals surface area contributed by atoms with Crippen LogP contribution >= 0.6 is 0 Å². The first-order chi connectivity index (χ1) is 10.3. The van der Waals surface area contributed by atoms with Crippen LogP contribution < -0.4 is 0 Å². The van der Waals surface area contributed by atoms with Crippen molar-refractivity contribution in [2.24, 2.45) is 11.8 Å². The van der Waals surface area contributed by atoms with Gasteiger partial charge in [0, 0.05) is 13.1 Å². The van der Waals surface area contributed by atoms with Crippen molar-refractivity contribution >= 4 is 6.09 Å². The van der Waals surface area contributed by atoms with Crippen molar-refractivity contribution in [2.75, 3.05) is 13.1 Å². The average molecular weight is 287 g/mol. The molecule has 1 saturated heterocycles. The van der Waals surface area contributed by atoms with Crippen molar-refractivity contribution in [2.45, 2.75) is 45.1 Å². The van der Waals surface area contributed by atoms with Crippen molar-refractivity contribution in [3.8, 4) is 0 Å². The molecule has 3 nitrogen and oxygen atoms in total. The average Bonchev–Trinajstić information content (AvgIpc) is 2.50. The monoisotopic (exact) mass is 287 g/mol. The molecule has 0 unspecified atom stereocenters. The molecule has 1 aliphatic carbocycles. The first kappa shape index (κ1) is 14.4. The van der Waals surface area contributed by atoms with Crippen LogP contribution in [0.3, 0.4) is 0 Å². The smallest absolute Gasteiger partial charge is 0.410 e. The summed E-state index contributed by atoms with van der Waals surface area (Å²) in [5.41, 5.74) is 1.05. The molecule has 0 aromatic heterocycles. The maximum Gasteiger partial charge on any atom is 0.410 e.